The average molecular weight is 571 g/mol. The van der Waals surface area contributed by atoms with Crippen molar-refractivity contribution in [1.29, 1.82) is 0 Å². The Labute approximate surface area is 224 Å². The van der Waals surface area contributed by atoms with Gasteiger partial charge in [0.05, 0.1) is 0 Å². The predicted molar refractivity (Wildman–Crippen MR) is 132 cm³/mol. The Balaban J connectivity index is 4.28. The van der Waals surface area contributed by atoms with Crippen molar-refractivity contribution in [1.82, 2.24) is 0 Å². The number of halogens is 6. The Bertz CT molecular complexity index is 798. The van der Waals surface area contributed by atoms with Crippen molar-refractivity contribution >= 4 is 17.9 Å². The zero-order valence-electron chi connectivity index (χ0n) is 21.9. The van der Waals surface area contributed by atoms with Crippen molar-refractivity contribution in [2.24, 2.45) is 0 Å². The quantitative estimate of drug-likeness (QED) is 0.0535. The number of ether oxygens (including phenoxy) is 3. The van der Waals surface area contributed by atoms with E-state index in [9.17, 15) is 40.7 Å². The van der Waals surface area contributed by atoms with Crippen molar-refractivity contribution in [2.75, 3.05) is 13.2 Å². The molecule has 0 aliphatic carbocycles. The molecular weight excluding hydrogens is 534 g/mol. The molecule has 222 valence electrons. The minimum atomic E-state index is -5.36. The van der Waals surface area contributed by atoms with Crippen LogP contribution in [-0.2, 0) is 28.6 Å². The molecule has 0 rings (SSSR count). The standard InChI is InChI=1S/C27H36F6O6/c1-2-3-4-5-6-7-8-9-10-11-12-13-14-15-16-17-18-19-23(34)39-22(20-37-24(35)26(28,29)30)21-38-25(36)27(31,32)33/h6-7,9-10,12-13,15-16,22H,2-5,8,11,14,17-21H2,1H3/b7-6-,10-9-,13-12-,16-15-. The summed E-state index contributed by atoms with van der Waals surface area (Å²) in [5, 5.41) is 0. The second-order valence-corrected chi connectivity index (χ2v) is 8.29. The zero-order valence-corrected chi connectivity index (χ0v) is 21.9. The van der Waals surface area contributed by atoms with Crippen molar-refractivity contribution < 1.29 is 54.9 Å². The van der Waals surface area contributed by atoms with Gasteiger partial charge in [-0.1, -0.05) is 68.4 Å². The first-order chi connectivity index (χ1) is 18.4. The summed E-state index contributed by atoms with van der Waals surface area (Å²) in [6.45, 7) is -0.313. The van der Waals surface area contributed by atoms with E-state index in [-0.39, 0.29) is 12.8 Å². The van der Waals surface area contributed by atoms with Crippen LogP contribution in [0.1, 0.15) is 71.1 Å². The molecule has 0 saturated carbocycles. The molecule has 0 aromatic rings. The SMILES string of the molecule is CCCCC/C=C\C/C=C\C/C=C\C/C=C\CCCC(=O)OC(COC(=O)C(F)(F)F)COC(=O)C(F)(F)F. The zero-order chi connectivity index (χ0) is 29.6. The molecule has 0 atom stereocenters. The highest BCUT2D eigenvalue weighted by Crippen LogP contribution is 2.18. The molecule has 0 saturated heterocycles. The van der Waals surface area contributed by atoms with Crippen LogP contribution < -0.4 is 0 Å². The van der Waals surface area contributed by atoms with Gasteiger partial charge in [-0.05, 0) is 44.9 Å². The van der Waals surface area contributed by atoms with Crippen molar-refractivity contribution in [2.45, 2.75) is 89.6 Å². The number of esters is 3. The summed E-state index contributed by atoms with van der Waals surface area (Å²) in [6.07, 6.45) is 11.3. The number of rotatable bonds is 19. The molecular formula is C27H36F6O6. The Morgan fingerprint density at radius 1 is 0.641 bits per heavy atom. The summed E-state index contributed by atoms with van der Waals surface area (Å²) in [5.74, 6) is -6.24. The number of hydrogen-bond donors (Lipinski definition) is 0. The first kappa shape index (κ1) is 35.9. The third-order valence-corrected chi connectivity index (χ3v) is 4.77. The summed E-state index contributed by atoms with van der Waals surface area (Å²) in [7, 11) is 0. The van der Waals surface area contributed by atoms with Gasteiger partial charge in [-0.3, -0.25) is 4.79 Å². The minimum absolute atomic E-state index is 0.213. The summed E-state index contributed by atoms with van der Waals surface area (Å²) in [6, 6.07) is 0. The molecule has 39 heavy (non-hydrogen) atoms. The van der Waals surface area contributed by atoms with Crippen LogP contribution in [0.2, 0.25) is 0 Å². The van der Waals surface area contributed by atoms with E-state index >= 15 is 0 Å². The maximum Gasteiger partial charge on any atom is 0.490 e. The molecule has 0 unspecified atom stereocenters. The second-order valence-electron chi connectivity index (χ2n) is 8.29. The first-order valence-electron chi connectivity index (χ1n) is 12.6. The fourth-order valence-corrected chi connectivity index (χ4v) is 2.79. The highest BCUT2D eigenvalue weighted by Gasteiger charge is 2.43. The van der Waals surface area contributed by atoms with Crippen LogP contribution in [0.5, 0.6) is 0 Å². The molecule has 6 nitrogen and oxygen atoms in total. The Morgan fingerprint density at radius 3 is 1.46 bits per heavy atom. The molecule has 0 aliphatic heterocycles. The Kier molecular flexibility index (Phi) is 19.2. The second kappa shape index (κ2) is 20.9. The number of carbonyl (C=O) groups is 3. The van der Waals surface area contributed by atoms with E-state index in [1.165, 1.54) is 19.3 Å². The smallest absolute Gasteiger partial charge is 0.455 e. The lowest BCUT2D eigenvalue weighted by atomic mass is 10.2. The highest BCUT2D eigenvalue weighted by molar-refractivity contribution is 5.76. The molecule has 0 aliphatic rings. The molecule has 12 heteroatoms. The fourth-order valence-electron chi connectivity index (χ4n) is 2.79. The van der Waals surface area contributed by atoms with Crippen LogP contribution in [0.3, 0.4) is 0 Å². The summed E-state index contributed by atoms with van der Waals surface area (Å²) < 4.78 is 86.0. The third-order valence-electron chi connectivity index (χ3n) is 4.77. The fraction of sp³-hybridized carbons (Fsp3) is 0.593. The maximum atomic E-state index is 12.3. The molecule has 0 heterocycles. The number of unbranched alkanes of at least 4 members (excludes halogenated alkanes) is 4. The maximum absolute atomic E-state index is 12.3. The average Bonchev–Trinajstić information content (AvgIpc) is 2.85. The van der Waals surface area contributed by atoms with Crippen LogP contribution >= 0.6 is 0 Å². The Morgan fingerprint density at radius 2 is 1.05 bits per heavy atom. The van der Waals surface area contributed by atoms with Gasteiger partial charge in [0.1, 0.15) is 13.2 Å². The van der Waals surface area contributed by atoms with Gasteiger partial charge in [-0.2, -0.15) is 26.3 Å². The van der Waals surface area contributed by atoms with Crippen LogP contribution in [0.15, 0.2) is 48.6 Å². The molecule has 0 N–H and O–H groups in total. The van der Waals surface area contributed by atoms with Gasteiger partial charge in [-0.15, -0.1) is 0 Å². The van der Waals surface area contributed by atoms with E-state index in [1.807, 2.05) is 24.3 Å². The number of allylic oxidation sites excluding steroid dienone is 8. The van der Waals surface area contributed by atoms with E-state index in [0.717, 1.165) is 19.3 Å². The lowest BCUT2D eigenvalue weighted by Gasteiger charge is -2.18. The molecule has 0 spiro atoms. The minimum Gasteiger partial charge on any atom is -0.455 e. The molecule has 0 amide bonds. The summed E-state index contributed by atoms with van der Waals surface area (Å²) >= 11 is 0. The van der Waals surface area contributed by atoms with E-state index in [2.05, 4.69) is 40.7 Å². The normalized spacial score (nSPS) is 12.8. The molecule has 0 radical (unpaired) electrons. The van der Waals surface area contributed by atoms with Gasteiger partial charge in [0, 0.05) is 6.42 Å². The lowest BCUT2D eigenvalue weighted by Crippen LogP contribution is -2.36. The topological polar surface area (TPSA) is 78.9 Å². The van der Waals surface area contributed by atoms with Crippen molar-refractivity contribution in [3.05, 3.63) is 48.6 Å². The number of hydrogen-bond acceptors (Lipinski definition) is 6. The molecule has 0 bridgehead atoms. The van der Waals surface area contributed by atoms with E-state index < -0.39 is 49.6 Å². The lowest BCUT2D eigenvalue weighted by molar-refractivity contribution is -0.209. The van der Waals surface area contributed by atoms with Gasteiger partial charge in [0.2, 0.25) is 0 Å². The molecule has 0 aromatic carbocycles. The van der Waals surface area contributed by atoms with Crippen LogP contribution in [0, 0.1) is 0 Å². The predicted octanol–water partition coefficient (Wildman–Crippen LogP) is 7.25. The van der Waals surface area contributed by atoms with Gasteiger partial charge >= 0.3 is 30.3 Å². The van der Waals surface area contributed by atoms with Gasteiger partial charge < -0.3 is 14.2 Å². The summed E-state index contributed by atoms with van der Waals surface area (Å²) in [5.41, 5.74) is 0. The largest absolute Gasteiger partial charge is 0.490 e. The van der Waals surface area contributed by atoms with E-state index in [1.54, 1.807) is 0 Å². The van der Waals surface area contributed by atoms with Crippen molar-refractivity contribution in [3.63, 3.8) is 0 Å². The molecule has 0 fully saturated rings. The third kappa shape index (κ3) is 21.6. The Hall–Kier alpha value is -3.05. The van der Waals surface area contributed by atoms with Gasteiger partial charge in [-0.25, -0.2) is 9.59 Å². The van der Waals surface area contributed by atoms with Crippen LogP contribution in [0.4, 0.5) is 26.3 Å². The van der Waals surface area contributed by atoms with Crippen molar-refractivity contribution in [3.8, 4) is 0 Å². The van der Waals surface area contributed by atoms with Crippen LogP contribution in [0.25, 0.3) is 0 Å². The number of carbonyl (C=O) groups excluding carboxylic acids is 3. The molecule has 0 aromatic heterocycles. The van der Waals surface area contributed by atoms with Gasteiger partial charge in [0.25, 0.3) is 0 Å². The van der Waals surface area contributed by atoms with Crippen LogP contribution in [-0.4, -0.2) is 49.6 Å². The monoisotopic (exact) mass is 570 g/mol. The number of alkyl halides is 6. The van der Waals surface area contributed by atoms with E-state index in [0.29, 0.717) is 12.8 Å². The first-order valence-corrected chi connectivity index (χ1v) is 12.6. The van der Waals surface area contributed by atoms with E-state index in [4.69, 9.17) is 4.74 Å². The highest BCUT2D eigenvalue weighted by atomic mass is 19.4. The summed E-state index contributed by atoms with van der Waals surface area (Å²) in [4.78, 5) is 33.5. The van der Waals surface area contributed by atoms with Gasteiger partial charge in [0.15, 0.2) is 6.10 Å².